The molecule has 0 aromatic carbocycles. The van der Waals surface area contributed by atoms with Gasteiger partial charge in [0.25, 0.3) is 0 Å². The summed E-state index contributed by atoms with van der Waals surface area (Å²) >= 11 is 3.08. The number of amides is 1. The molecule has 3 aromatic heterocycles. The van der Waals surface area contributed by atoms with Crippen LogP contribution in [0.25, 0.3) is 0 Å². The summed E-state index contributed by atoms with van der Waals surface area (Å²) in [6.07, 6.45) is 7.97. The van der Waals surface area contributed by atoms with Gasteiger partial charge in [-0.05, 0) is 55.4 Å². The maximum absolute atomic E-state index is 12.2. The predicted molar refractivity (Wildman–Crippen MR) is 132 cm³/mol. The molecule has 4 rings (SSSR count). The quantitative estimate of drug-likeness (QED) is 0.193. The summed E-state index contributed by atoms with van der Waals surface area (Å²) in [5, 5.41) is 13.4. The van der Waals surface area contributed by atoms with Crippen LogP contribution in [0.5, 0.6) is 0 Å². The van der Waals surface area contributed by atoms with Crippen LogP contribution in [-0.4, -0.2) is 37.0 Å². The molecule has 172 valence electrons. The normalized spacial score (nSPS) is 18.3. The molecule has 11 heteroatoms. The molecule has 2 unspecified atom stereocenters. The van der Waals surface area contributed by atoms with Gasteiger partial charge in [0.15, 0.2) is 11.0 Å². The third-order valence-corrected chi connectivity index (χ3v) is 7.32. The second-order valence-corrected chi connectivity index (χ2v) is 9.93. The van der Waals surface area contributed by atoms with Gasteiger partial charge in [0.05, 0.1) is 6.42 Å². The Morgan fingerprint density at radius 3 is 2.70 bits per heavy atom. The Kier molecular flexibility index (Phi) is 8.34. The van der Waals surface area contributed by atoms with E-state index in [1.165, 1.54) is 17.8 Å². The lowest BCUT2D eigenvalue weighted by molar-refractivity contribution is -0.115. The van der Waals surface area contributed by atoms with E-state index in [1.807, 2.05) is 36.4 Å². The van der Waals surface area contributed by atoms with E-state index in [4.69, 9.17) is 5.84 Å². The first-order chi connectivity index (χ1) is 16.2. The lowest BCUT2D eigenvalue weighted by Gasteiger charge is -2.11. The maximum atomic E-state index is 12.2. The Labute approximate surface area is 200 Å². The van der Waals surface area contributed by atoms with Crippen LogP contribution in [0.4, 0.5) is 10.9 Å². The van der Waals surface area contributed by atoms with Crippen molar-refractivity contribution in [3.05, 3.63) is 59.5 Å². The van der Waals surface area contributed by atoms with Crippen LogP contribution in [0.15, 0.2) is 53.8 Å². The highest BCUT2D eigenvalue weighted by molar-refractivity contribution is 8.13. The Hall–Kier alpha value is -2.89. The van der Waals surface area contributed by atoms with E-state index in [1.54, 1.807) is 24.2 Å². The van der Waals surface area contributed by atoms with Gasteiger partial charge in [-0.25, -0.2) is 15.8 Å². The molecule has 3 heterocycles. The van der Waals surface area contributed by atoms with E-state index >= 15 is 0 Å². The van der Waals surface area contributed by atoms with Crippen LogP contribution in [0.1, 0.15) is 30.0 Å². The van der Waals surface area contributed by atoms with E-state index in [-0.39, 0.29) is 12.3 Å². The van der Waals surface area contributed by atoms with Crippen molar-refractivity contribution >= 4 is 45.1 Å². The predicted octanol–water partition coefficient (Wildman–Crippen LogP) is 3.35. The Morgan fingerprint density at radius 1 is 1.12 bits per heavy atom. The highest BCUT2D eigenvalue weighted by Crippen LogP contribution is 2.36. The maximum Gasteiger partial charge on any atom is 0.232 e. The molecular weight excluding hydrogens is 456 g/mol. The number of nitrogens with two attached hydrogens (primary N) is 1. The van der Waals surface area contributed by atoms with Crippen molar-refractivity contribution in [3.63, 3.8) is 0 Å². The van der Waals surface area contributed by atoms with Crippen LogP contribution in [0.2, 0.25) is 0 Å². The fourth-order valence-electron chi connectivity index (χ4n) is 3.81. The zero-order valence-corrected chi connectivity index (χ0v) is 19.7. The third kappa shape index (κ3) is 7.31. The van der Waals surface area contributed by atoms with Crippen LogP contribution in [0, 0.1) is 11.8 Å². The van der Waals surface area contributed by atoms with Gasteiger partial charge < -0.3 is 10.7 Å². The van der Waals surface area contributed by atoms with E-state index in [0.29, 0.717) is 28.0 Å². The first kappa shape index (κ1) is 23.3. The van der Waals surface area contributed by atoms with Crippen LogP contribution in [0.3, 0.4) is 0 Å². The second-order valence-electron chi connectivity index (χ2n) is 7.86. The van der Waals surface area contributed by atoms with E-state index in [2.05, 4.69) is 35.9 Å². The van der Waals surface area contributed by atoms with Crippen molar-refractivity contribution in [1.29, 1.82) is 0 Å². The van der Waals surface area contributed by atoms with Crippen LogP contribution in [-0.2, 0) is 17.6 Å². The molecule has 3 aromatic rings. The Morgan fingerprint density at radius 2 is 1.94 bits per heavy atom. The monoisotopic (exact) mass is 482 g/mol. The molecule has 0 saturated heterocycles. The van der Waals surface area contributed by atoms with Gasteiger partial charge in [-0.15, -0.1) is 10.2 Å². The third-order valence-electron chi connectivity index (χ3n) is 5.34. The highest BCUT2D eigenvalue weighted by Gasteiger charge is 2.26. The number of carbonyl (C=O) groups is 1. The molecule has 33 heavy (non-hydrogen) atoms. The van der Waals surface area contributed by atoms with Crippen molar-refractivity contribution in [2.75, 3.05) is 11.1 Å². The Bertz CT molecular complexity index is 1060. The van der Waals surface area contributed by atoms with Gasteiger partial charge in [-0.3, -0.25) is 9.78 Å². The molecule has 0 bridgehead atoms. The highest BCUT2D eigenvalue weighted by atomic mass is 32.2. The SMILES string of the molecule is NNC(=Nc1ccccn1)SCC1CCC(Cc2nnc(NC(=O)Cc3ccccn3)s2)C1. The van der Waals surface area contributed by atoms with E-state index in [0.717, 1.165) is 35.7 Å². The molecule has 1 fully saturated rings. The fraction of sp³-hybridized carbons (Fsp3) is 0.364. The summed E-state index contributed by atoms with van der Waals surface area (Å²) in [6.45, 7) is 0. The summed E-state index contributed by atoms with van der Waals surface area (Å²) in [6, 6.07) is 11.1. The van der Waals surface area contributed by atoms with Gasteiger partial charge in [-0.2, -0.15) is 0 Å². The van der Waals surface area contributed by atoms with E-state index in [9.17, 15) is 4.79 Å². The molecule has 0 radical (unpaired) electrons. The summed E-state index contributed by atoms with van der Waals surface area (Å²) < 4.78 is 0. The van der Waals surface area contributed by atoms with Crippen LogP contribution >= 0.6 is 23.1 Å². The minimum Gasteiger partial charge on any atom is -0.303 e. The lowest BCUT2D eigenvalue weighted by atomic mass is 10.0. The van der Waals surface area contributed by atoms with Gasteiger partial charge >= 0.3 is 0 Å². The number of rotatable bonds is 8. The number of amidine groups is 1. The minimum atomic E-state index is -0.133. The number of carbonyl (C=O) groups excluding carboxylic acids is 1. The van der Waals surface area contributed by atoms with Crippen molar-refractivity contribution in [2.45, 2.75) is 32.1 Å². The number of hydrazine groups is 1. The molecule has 2 atom stereocenters. The topological polar surface area (TPSA) is 131 Å². The van der Waals surface area contributed by atoms with Crippen molar-refractivity contribution in [3.8, 4) is 0 Å². The van der Waals surface area contributed by atoms with Crippen LogP contribution < -0.4 is 16.6 Å². The molecule has 0 aliphatic heterocycles. The zero-order chi connectivity index (χ0) is 22.9. The molecule has 4 N–H and O–H groups in total. The number of nitrogens with zero attached hydrogens (tertiary/aromatic N) is 5. The van der Waals surface area contributed by atoms with Crippen molar-refractivity contribution in [2.24, 2.45) is 22.7 Å². The molecule has 1 aliphatic carbocycles. The number of nitrogens with one attached hydrogen (secondary N) is 2. The number of thioether (sulfide) groups is 1. The van der Waals surface area contributed by atoms with Crippen molar-refractivity contribution < 1.29 is 4.79 Å². The first-order valence-corrected chi connectivity index (χ1v) is 12.6. The minimum absolute atomic E-state index is 0.133. The summed E-state index contributed by atoms with van der Waals surface area (Å²) in [4.78, 5) is 25.0. The number of pyridine rings is 2. The summed E-state index contributed by atoms with van der Waals surface area (Å²) in [5.74, 6) is 8.28. The average molecular weight is 483 g/mol. The molecule has 9 nitrogen and oxygen atoms in total. The number of hydrogen-bond acceptors (Lipinski definition) is 9. The number of anilines is 1. The van der Waals surface area contributed by atoms with Gasteiger partial charge in [0, 0.05) is 30.3 Å². The second kappa shape index (κ2) is 11.8. The summed E-state index contributed by atoms with van der Waals surface area (Å²) in [7, 11) is 0. The van der Waals surface area contributed by atoms with E-state index < -0.39 is 0 Å². The molecule has 1 saturated carbocycles. The molecule has 0 spiro atoms. The molecular formula is C22H26N8OS2. The number of aromatic nitrogens is 4. The standard InChI is InChI=1S/C22H26N8OS2/c23-28-21(26-18-6-2-4-10-25-18)32-14-16-8-7-15(11-16)12-20-29-30-22(33-20)27-19(31)13-17-5-1-3-9-24-17/h1-6,9-10,15-16H,7-8,11-14,23H2,(H,25,26,28)(H,27,30,31). The van der Waals surface area contributed by atoms with Gasteiger partial charge in [0.2, 0.25) is 11.0 Å². The molecule has 1 aliphatic rings. The largest absolute Gasteiger partial charge is 0.303 e. The fourth-order valence-corrected chi connectivity index (χ4v) is 5.61. The van der Waals surface area contributed by atoms with Gasteiger partial charge in [0.1, 0.15) is 5.01 Å². The number of aliphatic imine (C=N–C) groups is 1. The smallest absolute Gasteiger partial charge is 0.232 e. The summed E-state index contributed by atoms with van der Waals surface area (Å²) in [5.41, 5.74) is 3.41. The lowest BCUT2D eigenvalue weighted by Crippen LogP contribution is -2.28. The average Bonchev–Trinajstić information content (AvgIpc) is 3.47. The van der Waals surface area contributed by atoms with Gasteiger partial charge in [-0.1, -0.05) is 35.2 Å². The zero-order valence-electron chi connectivity index (χ0n) is 18.1. The first-order valence-electron chi connectivity index (χ1n) is 10.8. The number of hydrogen-bond donors (Lipinski definition) is 3. The molecule has 1 amide bonds. The Balaban J connectivity index is 1.21. The van der Waals surface area contributed by atoms with Crippen molar-refractivity contribution in [1.82, 2.24) is 25.6 Å².